The minimum absolute atomic E-state index is 0.0285. The topological polar surface area (TPSA) is 22.1 Å². The van der Waals surface area contributed by atoms with Crippen molar-refractivity contribution in [2.45, 2.75) is 13.3 Å². The Bertz CT molecular complexity index is 293. The lowest BCUT2D eigenvalue weighted by Crippen LogP contribution is -2.18. The number of ether oxygens (including phenoxy) is 1. The minimum atomic E-state index is -4.73. The summed E-state index contributed by atoms with van der Waals surface area (Å²) in [5, 5.41) is -0.0285. The molecular formula is C7H5ClF3NO. The van der Waals surface area contributed by atoms with Gasteiger partial charge in [0.2, 0.25) is 5.88 Å². The van der Waals surface area contributed by atoms with Crippen LogP contribution in [0.1, 0.15) is 5.56 Å². The lowest BCUT2D eigenvalue weighted by Gasteiger charge is -2.08. The second kappa shape index (κ2) is 3.41. The molecular weight excluding hydrogens is 207 g/mol. The summed E-state index contributed by atoms with van der Waals surface area (Å²) in [4.78, 5) is 3.34. The fourth-order valence-electron chi connectivity index (χ4n) is 0.765. The van der Waals surface area contributed by atoms with Crippen LogP contribution in [0.3, 0.4) is 0 Å². The molecule has 0 unspecified atom stereocenters. The van der Waals surface area contributed by atoms with Crippen molar-refractivity contribution in [3.8, 4) is 5.88 Å². The summed E-state index contributed by atoms with van der Waals surface area (Å²) in [5.41, 5.74) is 0.555. The zero-order valence-corrected chi connectivity index (χ0v) is 7.28. The molecule has 1 aromatic heterocycles. The SMILES string of the molecule is Cc1cc(Cl)nc(OC(F)(F)F)c1. The van der Waals surface area contributed by atoms with Crippen molar-refractivity contribution in [3.05, 3.63) is 22.8 Å². The molecule has 1 rings (SSSR count). The molecule has 0 aromatic carbocycles. The minimum Gasteiger partial charge on any atom is -0.388 e. The number of aryl methyl sites for hydroxylation is 1. The Hall–Kier alpha value is -0.970. The van der Waals surface area contributed by atoms with Crippen LogP contribution >= 0.6 is 11.6 Å². The first kappa shape index (κ1) is 10.1. The van der Waals surface area contributed by atoms with Gasteiger partial charge in [-0.3, -0.25) is 0 Å². The van der Waals surface area contributed by atoms with Crippen LogP contribution in [0.4, 0.5) is 13.2 Å². The van der Waals surface area contributed by atoms with E-state index in [0.717, 1.165) is 6.07 Å². The van der Waals surface area contributed by atoms with E-state index >= 15 is 0 Å². The number of hydrogen-bond acceptors (Lipinski definition) is 2. The second-order valence-electron chi connectivity index (χ2n) is 2.35. The van der Waals surface area contributed by atoms with Crippen LogP contribution in [0.2, 0.25) is 5.15 Å². The summed E-state index contributed by atoms with van der Waals surface area (Å²) in [6.45, 7) is 1.59. The molecule has 0 atom stereocenters. The Balaban J connectivity index is 2.90. The van der Waals surface area contributed by atoms with Gasteiger partial charge < -0.3 is 4.74 Å². The first-order valence-corrected chi connectivity index (χ1v) is 3.64. The van der Waals surface area contributed by atoms with Gasteiger partial charge in [0.15, 0.2) is 0 Å². The summed E-state index contributed by atoms with van der Waals surface area (Å²) >= 11 is 5.42. The molecule has 0 aliphatic rings. The van der Waals surface area contributed by atoms with Crippen molar-refractivity contribution in [3.63, 3.8) is 0 Å². The van der Waals surface area contributed by atoms with Crippen molar-refractivity contribution in [2.75, 3.05) is 0 Å². The van der Waals surface area contributed by atoms with Gasteiger partial charge >= 0.3 is 6.36 Å². The molecule has 0 bridgehead atoms. The van der Waals surface area contributed by atoms with Crippen molar-refractivity contribution in [1.29, 1.82) is 0 Å². The standard InChI is InChI=1S/C7H5ClF3NO/c1-4-2-5(8)12-6(3-4)13-7(9,10)11/h2-3H,1H3. The predicted octanol–water partition coefficient (Wildman–Crippen LogP) is 2.94. The van der Waals surface area contributed by atoms with Crippen LogP contribution < -0.4 is 4.74 Å². The number of rotatable bonds is 1. The highest BCUT2D eigenvalue weighted by atomic mass is 35.5. The molecule has 0 N–H and O–H groups in total. The third-order valence-electron chi connectivity index (χ3n) is 1.14. The Morgan fingerprint density at radius 1 is 1.38 bits per heavy atom. The van der Waals surface area contributed by atoms with E-state index in [1.165, 1.54) is 6.07 Å². The summed E-state index contributed by atoms with van der Waals surface area (Å²) < 4.78 is 38.7. The van der Waals surface area contributed by atoms with Gasteiger partial charge in [-0.1, -0.05) is 11.6 Å². The van der Waals surface area contributed by atoms with E-state index < -0.39 is 12.2 Å². The normalized spacial score (nSPS) is 11.5. The van der Waals surface area contributed by atoms with Crippen LogP contribution in [-0.2, 0) is 0 Å². The molecule has 6 heteroatoms. The molecule has 72 valence electrons. The van der Waals surface area contributed by atoms with Gasteiger partial charge in [-0.15, -0.1) is 13.2 Å². The first-order chi connectivity index (χ1) is 5.87. The highest BCUT2D eigenvalue weighted by Gasteiger charge is 2.31. The molecule has 13 heavy (non-hydrogen) atoms. The Morgan fingerprint density at radius 2 is 2.00 bits per heavy atom. The van der Waals surface area contributed by atoms with Crippen LogP contribution in [0, 0.1) is 6.92 Å². The van der Waals surface area contributed by atoms with Gasteiger partial charge in [-0.05, 0) is 18.6 Å². The predicted molar refractivity (Wildman–Crippen MR) is 40.7 cm³/mol. The third kappa shape index (κ3) is 3.50. The molecule has 0 radical (unpaired) electrons. The maximum atomic E-state index is 11.7. The Labute approximate surface area is 77.3 Å². The van der Waals surface area contributed by atoms with E-state index in [4.69, 9.17) is 11.6 Å². The molecule has 0 aliphatic carbocycles. The number of aromatic nitrogens is 1. The van der Waals surface area contributed by atoms with Crippen molar-refractivity contribution >= 4 is 11.6 Å². The van der Waals surface area contributed by atoms with Crippen molar-refractivity contribution < 1.29 is 17.9 Å². The van der Waals surface area contributed by atoms with Gasteiger partial charge in [0.1, 0.15) is 5.15 Å². The van der Waals surface area contributed by atoms with Crippen LogP contribution in [-0.4, -0.2) is 11.3 Å². The summed E-state index contributed by atoms with van der Waals surface area (Å²) in [6.07, 6.45) is -4.73. The van der Waals surface area contributed by atoms with E-state index in [-0.39, 0.29) is 5.15 Å². The molecule has 1 aromatic rings. The number of halogens is 4. The zero-order valence-electron chi connectivity index (χ0n) is 6.52. The number of nitrogens with zero attached hydrogens (tertiary/aromatic N) is 1. The van der Waals surface area contributed by atoms with Crippen molar-refractivity contribution in [1.82, 2.24) is 4.98 Å². The summed E-state index contributed by atoms with van der Waals surface area (Å²) in [5.74, 6) is -0.544. The van der Waals surface area contributed by atoms with E-state index in [1.54, 1.807) is 6.92 Å². The Morgan fingerprint density at radius 3 is 2.46 bits per heavy atom. The largest absolute Gasteiger partial charge is 0.574 e. The highest BCUT2D eigenvalue weighted by molar-refractivity contribution is 6.29. The fraction of sp³-hybridized carbons (Fsp3) is 0.286. The molecule has 0 saturated carbocycles. The number of alkyl halides is 3. The average Bonchev–Trinajstić information content (AvgIpc) is 1.78. The van der Waals surface area contributed by atoms with Crippen LogP contribution in [0.15, 0.2) is 12.1 Å². The molecule has 0 aliphatic heterocycles. The second-order valence-corrected chi connectivity index (χ2v) is 2.74. The fourth-order valence-corrected chi connectivity index (χ4v) is 1.02. The molecule has 2 nitrogen and oxygen atoms in total. The first-order valence-electron chi connectivity index (χ1n) is 3.27. The molecule has 0 spiro atoms. The van der Waals surface area contributed by atoms with Crippen molar-refractivity contribution in [2.24, 2.45) is 0 Å². The van der Waals surface area contributed by atoms with E-state index in [2.05, 4.69) is 9.72 Å². The van der Waals surface area contributed by atoms with E-state index in [1.807, 2.05) is 0 Å². The maximum Gasteiger partial charge on any atom is 0.574 e. The zero-order chi connectivity index (χ0) is 10.1. The summed E-state index contributed by atoms with van der Waals surface area (Å²) in [7, 11) is 0. The lowest BCUT2D eigenvalue weighted by atomic mass is 10.3. The van der Waals surface area contributed by atoms with Gasteiger partial charge in [0.25, 0.3) is 0 Å². The third-order valence-corrected chi connectivity index (χ3v) is 1.33. The van der Waals surface area contributed by atoms with Gasteiger partial charge in [-0.25, -0.2) is 4.98 Å². The van der Waals surface area contributed by atoms with Gasteiger partial charge in [0.05, 0.1) is 0 Å². The maximum absolute atomic E-state index is 11.7. The van der Waals surface area contributed by atoms with Gasteiger partial charge in [0, 0.05) is 6.07 Å². The lowest BCUT2D eigenvalue weighted by molar-refractivity contribution is -0.276. The highest BCUT2D eigenvalue weighted by Crippen LogP contribution is 2.23. The number of hydrogen-bond donors (Lipinski definition) is 0. The summed E-state index contributed by atoms with van der Waals surface area (Å²) in [6, 6.07) is 2.59. The molecule has 1 heterocycles. The smallest absolute Gasteiger partial charge is 0.388 e. The van der Waals surface area contributed by atoms with E-state index in [9.17, 15) is 13.2 Å². The quantitative estimate of drug-likeness (QED) is 0.667. The molecule has 0 amide bonds. The molecule has 0 fully saturated rings. The molecule has 0 saturated heterocycles. The Kier molecular flexibility index (Phi) is 2.66. The van der Waals surface area contributed by atoms with Gasteiger partial charge in [-0.2, -0.15) is 0 Å². The average molecular weight is 212 g/mol. The monoisotopic (exact) mass is 211 g/mol. The van der Waals surface area contributed by atoms with Crippen LogP contribution in [0.25, 0.3) is 0 Å². The number of pyridine rings is 1. The van der Waals surface area contributed by atoms with Crippen LogP contribution in [0.5, 0.6) is 5.88 Å². The van der Waals surface area contributed by atoms with E-state index in [0.29, 0.717) is 5.56 Å².